The van der Waals surface area contributed by atoms with Crippen molar-refractivity contribution in [1.82, 2.24) is 10.6 Å². The van der Waals surface area contributed by atoms with Crippen LogP contribution in [0.2, 0.25) is 0 Å². The van der Waals surface area contributed by atoms with Crippen molar-refractivity contribution < 1.29 is 28.5 Å². The van der Waals surface area contributed by atoms with Crippen LogP contribution >= 0.6 is 0 Å². The van der Waals surface area contributed by atoms with Gasteiger partial charge in [-0.15, -0.1) is 0 Å². The van der Waals surface area contributed by atoms with E-state index in [-0.39, 0.29) is 31.2 Å². The fourth-order valence-corrected chi connectivity index (χ4v) is 2.85. The molecule has 0 radical (unpaired) electrons. The summed E-state index contributed by atoms with van der Waals surface area (Å²) in [5.41, 5.74) is 1.16. The molecule has 0 fully saturated rings. The van der Waals surface area contributed by atoms with Crippen molar-refractivity contribution in [3.05, 3.63) is 47.5 Å². The molecule has 8 nitrogen and oxygen atoms in total. The van der Waals surface area contributed by atoms with E-state index >= 15 is 0 Å². The molecule has 1 unspecified atom stereocenters. The summed E-state index contributed by atoms with van der Waals surface area (Å²) >= 11 is 0. The number of hydrogen-bond acceptors (Lipinski definition) is 6. The largest absolute Gasteiger partial charge is 0.497 e. The van der Waals surface area contributed by atoms with Gasteiger partial charge < -0.3 is 29.6 Å². The van der Waals surface area contributed by atoms with E-state index in [1.54, 1.807) is 50.6 Å². The minimum Gasteiger partial charge on any atom is -0.497 e. The van der Waals surface area contributed by atoms with Gasteiger partial charge in [0.2, 0.25) is 12.7 Å². The van der Waals surface area contributed by atoms with Gasteiger partial charge in [0, 0.05) is 11.1 Å². The smallest absolute Gasteiger partial charge is 0.251 e. The molecule has 1 heterocycles. The van der Waals surface area contributed by atoms with Crippen molar-refractivity contribution in [2.75, 3.05) is 27.6 Å². The number of methoxy groups -OCH3 is 2. The highest BCUT2D eigenvalue weighted by Crippen LogP contribution is 2.32. The summed E-state index contributed by atoms with van der Waals surface area (Å²) in [6, 6.07) is 9.88. The average Bonchev–Trinajstić information content (AvgIpc) is 3.19. The van der Waals surface area contributed by atoms with Crippen LogP contribution in [0, 0.1) is 0 Å². The first-order chi connectivity index (χ1) is 13.5. The van der Waals surface area contributed by atoms with Crippen LogP contribution in [0.5, 0.6) is 23.0 Å². The van der Waals surface area contributed by atoms with Crippen molar-refractivity contribution in [3.8, 4) is 23.0 Å². The standard InChI is InChI=1S/C20H22N2O6/c1-12(15-9-14(25-2)5-7-16(15)26-3)22-19(23)10-21-20(24)13-4-6-17-18(8-13)28-11-27-17/h4-9,12H,10-11H2,1-3H3,(H,21,24)(H,22,23). The van der Waals surface area contributed by atoms with Crippen LogP contribution in [0.25, 0.3) is 0 Å². The summed E-state index contributed by atoms with van der Waals surface area (Å²) in [7, 11) is 3.13. The van der Waals surface area contributed by atoms with Gasteiger partial charge in [0.15, 0.2) is 11.5 Å². The Labute approximate surface area is 162 Å². The van der Waals surface area contributed by atoms with Crippen molar-refractivity contribution in [2.24, 2.45) is 0 Å². The van der Waals surface area contributed by atoms with Crippen molar-refractivity contribution in [3.63, 3.8) is 0 Å². The Balaban J connectivity index is 1.57. The monoisotopic (exact) mass is 386 g/mol. The van der Waals surface area contributed by atoms with Gasteiger partial charge in [-0.25, -0.2) is 0 Å². The molecular formula is C20H22N2O6. The van der Waals surface area contributed by atoms with Crippen LogP contribution < -0.4 is 29.6 Å². The van der Waals surface area contributed by atoms with E-state index in [2.05, 4.69) is 10.6 Å². The van der Waals surface area contributed by atoms with Crippen LogP contribution in [-0.4, -0.2) is 39.4 Å². The van der Waals surface area contributed by atoms with Gasteiger partial charge in [-0.2, -0.15) is 0 Å². The zero-order valence-electron chi connectivity index (χ0n) is 15.9. The first-order valence-electron chi connectivity index (χ1n) is 8.71. The Kier molecular flexibility index (Phi) is 5.88. The number of carbonyl (C=O) groups is 2. The Hall–Kier alpha value is -3.42. The number of fused-ring (bicyclic) bond motifs is 1. The lowest BCUT2D eigenvalue weighted by atomic mass is 10.1. The highest BCUT2D eigenvalue weighted by molar-refractivity contribution is 5.97. The summed E-state index contributed by atoms with van der Waals surface area (Å²) in [6.45, 7) is 1.80. The van der Waals surface area contributed by atoms with Crippen molar-refractivity contribution in [1.29, 1.82) is 0 Å². The number of ether oxygens (including phenoxy) is 4. The number of hydrogen-bond donors (Lipinski definition) is 2. The van der Waals surface area contributed by atoms with E-state index in [9.17, 15) is 9.59 Å². The predicted molar refractivity (Wildman–Crippen MR) is 101 cm³/mol. The maximum Gasteiger partial charge on any atom is 0.251 e. The summed E-state index contributed by atoms with van der Waals surface area (Å²) in [5.74, 6) is 1.70. The topological polar surface area (TPSA) is 95.1 Å². The zero-order valence-corrected chi connectivity index (χ0v) is 15.9. The second kappa shape index (κ2) is 8.51. The Morgan fingerprint density at radius 3 is 2.61 bits per heavy atom. The Morgan fingerprint density at radius 1 is 1.07 bits per heavy atom. The SMILES string of the molecule is COc1ccc(OC)c(C(C)NC(=O)CNC(=O)c2ccc3c(c2)OCO3)c1. The molecule has 2 N–H and O–H groups in total. The van der Waals surface area contributed by atoms with E-state index in [1.807, 2.05) is 6.92 Å². The normalized spacial score (nSPS) is 12.8. The number of amides is 2. The van der Waals surface area contributed by atoms with Gasteiger partial charge in [0.25, 0.3) is 5.91 Å². The molecule has 2 amide bonds. The fraction of sp³-hybridized carbons (Fsp3) is 0.300. The lowest BCUT2D eigenvalue weighted by Gasteiger charge is -2.18. The van der Waals surface area contributed by atoms with Gasteiger partial charge in [-0.3, -0.25) is 9.59 Å². The molecule has 0 aliphatic carbocycles. The van der Waals surface area contributed by atoms with Gasteiger partial charge in [0.05, 0.1) is 26.8 Å². The fourth-order valence-electron chi connectivity index (χ4n) is 2.85. The van der Waals surface area contributed by atoms with Crippen molar-refractivity contribution in [2.45, 2.75) is 13.0 Å². The number of rotatable bonds is 7. The van der Waals surface area contributed by atoms with Gasteiger partial charge in [-0.1, -0.05) is 0 Å². The number of benzene rings is 2. The van der Waals surface area contributed by atoms with E-state index in [0.717, 1.165) is 5.56 Å². The van der Waals surface area contributed by atoms with Crippen molar-refractivity contribution >= 4 is 11.8 Å². The lowest BCUT2D eigenvalue weighted by molar-refractivity contribution is -0.120. The van der Waals surface area contributed by atoms with Crippen LogP contribution in [0.3, 0.4) is 0 Å². The van der Waals surface area contributed by atoms with E-state index < -0.39 is 0 Å². The minimum atomic E-state index is -0.375. The quantitative estimate of drug-likeness (QED) is 0.756. The summed E-state index contributed by atoms with van der Waals surface area (Å²) in [6.07, 6.45) is 0. The molecule has 0 aromatic heterocycles. The molecule has 8 heteroatoms. The van der Waals surface area contributed by atoms with Crippen LogP contribution in [0.4, 0.5) is 0 Å². The highest BCUT2D eigenvalue weighted by Gasteiger charge is 2.18. The molecule has 148 valence electrons. The molecule has 2 aromatic rings. The van der Waals surface area contributed by atoms with Gasteiger partial charge >= 0.3 is 0 Å². The molecule has 0 bridgehead atoms. The summed E-state index contributed by atoms with van der Waals surface area (Å²) in [4.78, 5) is 24.5. The second-order valence-electron chi connectivity index (χ2n) is 6.15. The van der Waals surface area contributed by atoms with E-state index in [4.69, 9.17) is 18.9 Å². The second-order valence-corrected chi connectivity index (χ2v) is 6.15. The summed E-state index contributed by atoms with van der Waals surface area (Å²) in [5, 5.41) is 5.43. The van der Waals surface area contributed by atoms with Gasteiger partial charge in [-0.05, 0) is 43.3 Å². The molecule has 28 heavy (non-hydrogen) atoms. The lowest BCUT2D eigenvalue weighted by Crippen LogP contribution is -2.38. The highest BCUT2D eigenvalue weighted by atomic mass is 16.7. The molecule has 1 aliphatic heterocycles. The molecule has 0 spiro atoms. The third kappa shape index (κ3) is 4.28. The third-order valence-corrected chi connectivity index (χ3v) is 4.33. The first-order valence-corrected chi connectivity index (χ1v) is 8.71. The first kappa shape index (κ1) is 19.3. The van der Waals surface area contributed by atoms with Crippen LogP contribution in [0.1, 0.15) is 28.9 Å². The molecule has 2 aromatic carbocycles. The maximum atomic E-state index is 12.3. The third-order valence-electron chi connectivity index (χ3n) is 4.33. The molecule has 3 rings (SSSR count). The van der Waals surface area contributed by atoms with E-state index in [0.29, 0.717) is 28.6 Å². The number of carbonyl (C=O) groups excluding carboxylic acids is 2. The Bertz CT molecular complexity index is 883. The minimum absolute atomic E-state index is 0.133. The molecule has 1 atom stereocenters. The maximum absolute atomic E-state index is 12.3. The van der Waals surface area contributed by atoms with E-state index in [1.165, 1.54) is 0 Å². The predicted octanol–water partition coefficient (Wildman–Crippen LogP) is 2.04. The Morgan fingerprint density at radius 2 is 1.86 bits per heavy atom. The molecule has 0 saturated heterocycles. The molecular weight excluding hydrogens is 364 g/mol. The molecule has 1 aliphatic rings. The number of nitrogens with one attached hydrogen (secondary N) is 2. The van der Waals surface area contributed by atoms with Gasteiger partial charge in [0.1, 0.15) is 11.5 Å². The van der Waals surface area contributed by atoms with Crippen LogP contribution in [-0.2, 0) is 4.79 Å². The summed E-state index contributed by atoms with van der Waals surface area (Å²) < 4.78 is 21.0. The van der Waals surface area contributed by atoms with Crippen LogP contribution in [0.15, 0.2) is 36.4 Å². The zero-order chi connectivity index (χ0) is 20.1. The average molecular weight is 386 g/mol. The molecule has 0 saturated carbocycles.